The van der Waals surface area contributed by atoms with Gasteiger partial charge in [0.25, 0.3) is 0 Å². The number of nitrogens with zero attached hydrogens (tertiary/aromatic N) is 1. The summed E-state index contributed by atoms with van der Waals surface area (Å²) in [5.74, 6) is 0.0577. The van der Waals surface area contributed by atoms with Gasteiger partial charge in [-0.1, -0.05) is 0 Å². The van der Waals surface area contributed by atoms with E-state index in [1.807, 2.05) is 0 Å². The number of carbonyl (C=O) groups is 2. The van der Waals surface area contributed by atoms with Crippen LogP contribution in [-0.4, -0.2) is 62.7 Å². The van der Waals surface area contributed by atoms with E-state index in [4.69, 9.17) is 4.74 Å². The van der Waals surface area contributed by atoms with Crippen LogP contribution in [0.4, 0.5) is 0 Å². The molecule has 0 aromatic heterocycles. The number of hydrogen-bond donors (Lipinski definition) is 2. The van der Waals surface area contributed by atoms with E-state index < -0.39 is 0 Å². The summed E-state index contributed by atoms with van der Waals surface area (Å²) in [5.41, 5.74) is 0. The smallest absolute Gasteiger partial charge is 0.236 e. The first-order chi connectivity index (χ1) is 9.70. The SMILES string of the molecule is CNC(=O)C1CCCN(C(=O)CNCC2CCCO2)C1.Cl. The molecule has 0 aliphatic carbocycles. The Morgan fingerprint density at radius 3 is 2.76 bits per heavy atom. The second-order valence-electron chi connectivity index (χ2n) is 5.56. The van der Waals surface area contributed by atoms with Gasteiger partial charge in [-0.25, -0.2) is 0 Å². The van der Waals surface area contributed by atoms with Crippen molar-refractivity contribution in [1.29, 1.82) is 0 Å². The fourth-order valence-corrected chi connectivity index (χ4v) is 2.88. The van der Waals surface area contributed by atoms with E-state index in [0.29, 0.717) is 13.1 Å². The van der Waals surface area contributed by atoms with Crippen molar-refractivity contribution in [2.24, 2.45) is 5.92 Å². The van der Waals surface area contributed by atoms with Gasteiger partial charge in [0, 0.05) is 33.3 Å². The largest absolute Gasteiger partial charge is 0.377 e. The van der Waals surface area contributed by atoms with Gasteiger partial charge in [0.1, 0.15) is 0 Å². The summed E-state index contributed by atoms with van der Waals surface area (Å²) in [4.78, 5) is 25.6. The number of halogens is 1. The van der Waals surface area contributed by atoms with Gasteiger partial charge in [-0.15, -0.1) is 12.4 Å². The van der Waals surface area contributed by atoms with E-state index in [0.717, 1.165) is 45.4 Å². The number of ether oxygens (including phenoxy) is 1. The van der Waals surface area contributed by atoms with Gasteiger partial charge < -0.3 is 20.3 Å². The monoisotopic (exact) mass is 319 g/mol. The standard InChI is InChI=1S/C14H25N3O3.ClH/c1-15-14(19)11-4-2-6-17(10-11)13(18)9-16-8-12-5-3-7-20-12;/h11-12,16H,2-10H2,1H3,(H,15,19);1H. The van der Waals surface area contributed by atoms with E-state index in [-0.39, 0.29) is 36.2 Å². The van der Waals surface area contributed by atoms with E-state index >= 15 is 0 Å². The molecule has 2 N–H and O–H groups in total. The number of amides is 2. The Labute approximate surface area is 132 Å². The molecule has 2 saturated heterocycles. The summed E-state index contributed by atoms with van der Waals surface area (Å²) in [5, 5.41) is 5.83. The third-order valence-electron chi connectivity index (χ3n) is 4.06. The van der Waals surface area contributed by atoms with Crippen molar-refractivity contribution in [2.45, 2.75) is 31.8 Å². The zero-order valence-corrected chi connectivity index (χ0v) is 13.4. The number of rotatable bonds is 5. The minimum atomic E-state index is -0.0594. The first-order valence-electron chi connectivity index (χ1n) is 7.52. The van der Waals surface area contributed by atoms with Crippen molar-refractivity contribution < 1.29 is 14.3 Å². The zero-order chi connectivity index (χ0) is 14.4. The van der Waals surface area contributed by atoms with Gasteiger partial charge in [-0.3, -0.25) is 9.59 Å². The number of piperidine rings is 1. The maximum Gasteiger partial charge on any atom is 0.236 e. The summed E-state index contributed by atoms with van der Waals surface area (Å²) in [6.45, 7) is 3.20. The highest BCUT2D eigenvalue weighted by atomic mass is 35.5. The Morgan fingerprint density at radius 2 is 2.10 bits per heavy atom. The quantitative estimate of drug-likeness (QED) is 0.757. The Morgan fingerprint density at radius 1 is 1.29 bits per heavy atom. The van der Waals surface area contributed by atoms with Gasteiger partial charge in [-0.2, -0.15) is 0 Å². The number of nitrogens with one attached hydrogen (secondary N) is 2. The van der Waals surface area contributed by atoms with Crippen LogP contribution in [0.15, 0.2) is 0 Å². The molecule has 2 unspecified atom stereocenters. The molecule has 2 rings (SSSR count). The van der Waals surface area contributed by atoms with Crippen molar-refractivity contribution in [3.05, 3.63) is 0 Å². The summed E-state index contributed by atoms with van der Waals surface area (Å²) >= 11 is 0. The minimum Gasteiger partial charge on any atom is -0.377 e. The molecule has 2 heterocycles. The molecule has 0 radical (unpaired) electrons. The van der Waals surface area contributed by atoms with Crippen LogP contribution < -0.4 is 10.6 Å². The van der Waals surface area contributed by atoms with Crippen molar-refractivity contribution in [3.8, 4) is 0 Å². The lowest BCUT2D eigenvalue weighted by Crippen LogP contribution is -2.47. The summed E-state index contributed by atoms with van der Waals surface area (Å²) in [6.07, 6.45) is 4.20. The van der Waals surface area contributed by atoms with Crippen LogP contribution in [-0.2, 0) is 14.3 Å². The number of hydrogen-bond acceptors (Lipinski definition) is 4. The fraction of sp³-hybridized carbons (Fsp3) is 0.857. The van der Waals surface area contributed by atoms with E-state index in [1.165, 1.54) is 0 Å². The molecule has 21 heavy (non-hydrogen) atoms. The van der Waals surface area contributed by atoms with Crippen LogP contribution in [0.3, 0.4) is 0 Å². The molecule has 2 aliphatic rings. The molecule has 2 atom stereocenters. The third kappa shape index (κ3) is 5.45. The average molecular weight is 320 g/mol. The van der Waals surface area contributed by atoms with Crippen LogP contribution in [0.1, 0.15) is 25.7 Å². The van der Waals surface area contributed by atoms with Crippen molar-refractivity contribution in [1.82, 2.24) is 15.5 Å². The maximum atomic E-state index is 12.1. The zero-order valence-electron chi connectivity index (χ0n) is 12.6. The first kappa shape index (κ1) is 18.2. The lowest BCUT2D eigenvalue weighted by Gasteiger charge is -2.32. The summed E-state index contributed by atoms with van der Waals surface area (Å²) < 4.78 is 5.50. The molecule has 2 fully saturated rings. The third-order valence-corrected chi connectivity index (χ3v) is 4.06. The number of likely N-dealkylation sites (tertiary alicyclic amines) is 1. The van der Waals surface area contributed by atoms with Crippen LogP contribution in [0.5, 0.6) is 0 Å². The summed E-state index contributed by atoms with van der Waals surface area (Å²) in [6, 6.07) is 0. The maximum absolute atomic E-state index is 12.1. The van der Waals surface area contributed by atoms with Crippen LogP contribution in [0.2, 0.25) is 0 Å². The van der Waals surface area contributed by atoms with E-state index in [2.05, 4.69) is 10.6 Å². The fourth-order valence-electron chi connectivity index (χ4n) is 2.88. The molecular formula is C14H26ClN3O3. The van der Waals surface area contributed by atoms with Gasteiger partial charge in [0.15, 0.2) is 0 Å². The van der Waals surface area contributed by atoms with Crippen molar-refractivity contribution in [3.63, 3.8) is 0 Å². The van der Waals surface area contributed by atoms with Crippen LogP contribution >= 0.6 is 12.4 Å². The Bertz CT molecular complexity index is 348. The molecule has 7 heteroatoms. The molecule has 122 valence electrons. The average Bonchev–Trinajstić information content (AvgIpc) is 2.99. The predicted octanol–water partition coefficient (Wildman–Crippen LogP) is 0.161. The molecule has 0 aromatic carbocycles. The molecular weight excluding hydrogens is 294 g/mol. The molecule has 0 saturated carbocycles. The molecule has 2 amide bonds. The summed E-state index contributed by atoms with van der Waals surface area (Å²) in [7, 11) is 1.65. The lowest BCUT2D eigenvalue weighted by molar-refractivity contribution is -0.134. The van der Waals surface area contributed by atoms with Crippen LogP contribution in [0, 0.1) is 5.92 Å². The van der Waals surface area contributed by atoms with Gasteiger partial charge in [-0.05, 0) is 25.7 Å². The highest BCUT2D eigenvalue weighted by Gasteiger charge is 2.27. The lowest BCUT2D eigenvalue weighted by atomic mass is 9.97. The second kappa shape index (κ2) is 9.23. The molecule has 0 aromatic rings. The van der Waals surface area contributed by atoms with E-state index in [9.17, 15) is 9.59 Å². The highest BCUT2D eigenvalue weighted by molar-refractivity contribution is 5.85. The molecule has 2 aliphatic heterocycles. The predicted molar refractivity (Wildman–Crippen MR) is 82.5 cm³/mol. The topological polar surface area (TPSA) is 70.7 Å². The normalized spacial score (nSPS) is 25.3. The molecule has 0 spiro atoms. The van der Waals surface area contributed by atoms with E-state index in [1.54, 1.807) is 11.9 Å². The van der Waals surface area contributed by atoms with Gasteiger partial charge in [0.2, 0.25) is 11.8 Å². The van der Waals surface area contributed by atoms with Crippen molar-refractivity contribution in [2.75, 3.05) is 39.8 Å². The van der Waals surface area contributed by atoms with Gasteiger partial charge >= 0.3 is 0 Å². The highest BCUT2D eigenvalue weighted by Crippen LogP contribution is 2.16. The Kier molecular flexibility index (Phi) is 8.00. The van der Waals surface area contributed by atoms with Crippen LogP contribution in [0.25, 0.3) is 0 Å². The minimum absolute atomic E-state index is 0. The van der Waals surface area contributed by atoms with Crippen molar-refractivity contribution >= 4 is 24.2 Å². The van der Waals surface area contributed by atoms with Gasteiger partial charge in [0.05, 0.1) is 18.6 Å². The molecule has 0 bridgehead atoms. The molecule has 6 nitrogen and oxygen atoms in total. The number of carbonyl (C=O) groups excluding carboxylic acids is 2. The first-order valence-corrected chi connectivity index (χ1v) is 7.52. The Hall–Kier alpha value is -0.850. The Balaban J connectivity index is 0.00000220. The second-order valence-corrected chi connectivity index (χ2v) is 5.56.